The van der Waals surface area contributed by atoms with Crippen LogP contribution in [0.4, 0.5) is 5.69 Å². The molecule has 0 atom stereocenters. The number of nitrogen functional groups attached to an aromatic ring is 1. The second-order valence-corrected chi connectivity index (χ2v) is 8.04. The first kappa shape index (κ1) is 14.8. The van der Waals surface area contributed by atoms with Crippen molar-refractivity contribution in [3.63, 3.8) is 0 Å². The van der Waals surface area contributed by atoms with E-state index in [1.54, 1.807) is 12.1 Å². The molecular weight excluding hydrogens is 332 g/mol. The molecule has 0 aromatic heterocycles. The molecule has 7 heteroatoms. The number of nitrogens with zero attached hydrogens (tertiary/aromatic N) is 1. The summed E-state index contributed by atoms with van der Waals surface area (Å²) in [6.45, 7) is 3.97. The number of rotatable bonds is 3. The Morgan fingerprint density at radius 2 is 2.00 bits per heavy atom. The molecular formula is C12H17BrN2O3S. The van der Waals surface area contributed by atoms with Crippen LogP contribution in [0.15, 0.2) is 27.6 Å². The number of anilines is 1. The van der Waals surface area contributed by atoms with Gasteiger partial charge in [-0.25, -0.2) is 8.42 Å². The molecule has 0 unspecified atom stereocenters. The third-order valence-electron chi connectivity index (χ3n) is 3.56. The zero-order valence-electron chi connectivity index (χ0n) is 10.8. The van der Waals surface area contributed by atoms with Crippen LogP contribution in [-0.2, 0) is 10.0 Å². The maximum Gasteiger partial charge on any atom is 0.245 e. The summed E-state index contributed by atoms with van der Waals surface area (Å²) in [5.74, 6) is 0.0150. The fourth-order valence-electron chi connectivity index (χ4n) is 1.99. The third-order valence-corrected chi connectivity index (χ3v) is 5.92. The Kier molecular flexibility index (Phi) is 3.68. The Morgan fingerprint density at radius 3 is 2.47 bits per heavy atom. The molecule has 0 aliphatic carbocycles. The van der Waals surface area contributed by atoms with Crippen LogP contribution in [0.3, 0.4) is 0 Å². The highest BCUT2D eigenvalue weighted by Crippen LogP contribution is 2.35. The number of aliphatic hydroxyl groups is 1. The maximum atomic E-state index is 12.4. The predicted octanol–water partition coefficient (Wildman–Crippen LogP) is 1.42. The Hall–Kier alpha value is -0.630. The second kappa shape index (κ2) is 4.73. The van der Waals surface area contributed by atoms with Crippen LogP contribution in [0.25, 0.3) is 0 Å². The number of hydrogen-bond donors (Lipinski definition) is 2. The summed E-state index contributed by atoms with van der Waals surface area (Å²) in [6.07, 6.45) is 0. The van der Waals surface area contributed by atoms with Crippen molar-refractivity contribution in [1.82, 2.24) is 4.31 Å². The largest absolute Gasteiger partial charge is 0.398 e. The van der Waals surface area contributed by atoms with E-state index in [0.29, 0.717) is 0 Å². The summed E-state index contributed by atoms with van der Waals surface area (Å²) in [5.41, 5.74) is 5.02. The van der Waals surface area contributed by atoms with E-state index in [-0.39, 0.29) is 29.6 Å². The number of hydrogen-bond acceptors (Lipinski definition) is 4. The molecule has 2 rings (SSSR count). The zero-order chi connectivity index (χ0) is 14.4. The predicted molar refractivity (Wildman–Crippen MR) is 77.1 cm³/mol. The van der Waals surface area contributed by atoms with E-state index in [1.807, 2.05) is 13.8 Å². The minimum Gasteiger partial charge on any atom is -0.398 e. The zero-order valence-corrected chi connectivity index (χ0v) is 13.2. The van der Waals surface area contributed by atoms with Crippen molar-refractivity contribution >= 4 is 31.6 Å². The fourth-order valence-corrected chi connectivity index (χ4v) is 4.03. The van der Waals surface area contributed by atoms with Gasteiger partial charge < -0.3 is 10.8 Å². The molecule has 0 saturated carbocycles. The second-order valence-electron chi connectivity index (χ2n) is 5.21. The minimum absolute atomic E-state index is 0.0150. The van der Waals surface area contributed by atoms with Crippen LogP contribution in [0, 0.1) is 5.92 Å². The standard InChI is InChI=1S/C12H17BrN2O3S/c1-8(2)12(16)6-15(7-12)19(17,18)11-4-3-9(13)5-10(11)14/h3-5,8,16H,6-7,14H2,1-2H3. The number of β-amino-alcohol motifs (C(OH)–C–C–N with tert-alkyl or cyclic N) is 1. The number of benzene rings is 1. The van der Waals surface area contributed by atoms with Crippen LogP contribution < -0.4 is 5.73 Å². The monoisotopic (exact) mass is 348 g/mol. The van der Waals surface area contributed by atoms with E-state index < -0.39 is 15.6 Å². The Balaban J connectivity index is 2.26. The van der Waals surface area contributed by atoms with Crippen LogP contribution in [0.1, 0.15) is 13.8 Å². The molecule has 1 aliphatic rings. The van der Waals surface area contributed by atoms with Gasteiger partial charge in [0.2, 0.25) is 10.0 Å². The van der Waals surface area contributed by atoms with Crippen molar-refractivity contribution in [2.75, 3.05) is 18.8 Å². The molecule has 0 bridgehead atoms. The molecule has 0 amide bonds. The quantitative estimate of drug-likeness (QED) is 0.809. The van der Waals surface area contributed by atoms with E-state index in [1.165, 1.54) is 10.4 Å². The van der Waals surface area contributed by atoms with Crippen molar-refractivity contribution in [2.24, 2.45) is 5.92 Å². The summed E-state index contributed by atoms with van der Waals surface area (Å²) in [7, 11) is -3.63. The van der Waals surface area contributed by atoms with Crippen LogP contribution in [0.2, 0.25) is 0 Å². The molecule has 106 valence electrons. The van der Waals surface area contributed by atoms with E-state index in [4.69, 9.17) is 5.73 Å². The van der Waals surface area contributed by atoms with Crippen LogP contribution in [-0.4, -0.2) is 36.5 Å². The summed E-state index contributed by atoms with van der Waals surface area (Å²) < 4.78 is 26.7. The van der Waals surface area contributed by atoms with Gasteiger partial charge in [-0.3, -0.25) is 0 Å². The average Bonchev–Trinajstić information content (AvgIpc) is 2.23. The van der Waals surface area contributed by atoms with Crippen molar-refractivity contribution in [2.45, 2.75) is 24.3 Å². The van der Waals surface area contributed by atoms with Gasteiger partial charge in [0.25, 0.3) is 0 Å². The van der Waals surface area contributed by atoms with Gasteiger partial charge >= 0.3 is 0 Å². The first-order valence-electron chi connectivity index (χ1n) is 5.94. The molecule has 1 aliphatic heterocycles. The summed E-state index contributed by atoms with van der Waals surface area (Å²) in [6, 6.07) is 4.67. The third kappa shape index (κ3) is 2.52. The van der Waals surface area contributed by atoms with Crippen LogP contribution in [0.5, 0.6) is 0 Å². The molecule has 0 radical (unpaired) electrons. The number of sulfonamides is 1. The van der Waals surface area contributed by atoms with Gasteiger partial charge in [-0.05, 0) is 24.1 Å². The SMILES string of the molecule is CC(C)C1(O)CN(S(=O)(=O)c2ccc(Br)cc2N)C1. The molecule has 1 aromatic rings. The van der Waals surface area contributed by atoms with Gasteiger partial charge in [0.15, 0.2) is 0 Å². The molecule has 1 heterocycles. The van der Waals surface area contributed by atoms with E-state index in [0.717, 1.165) is 4.47 Å². The molecule has 0 spiro atoms. The lowest BCUT2D eigenvalue weighted by Gasteiger charge is -2.47. The van der Waals surface area contributed by atoms with Gasteiger partial charge in [-0.15, -0.1) is 0 Å². The lowest BCUT2D eigenvalue weighted by Crippen LogP contribution is -2.65. The Labute approximate surface area is 121 Å². The normalized spacial score (nSPS) is 19.4. The molecule has 19 heavy (non-hydrogen) atoms. The van der Waals surface area contributed by atoms with Gasteiger partial charge in [0, 0.05) is 17.6 Å². The number of halogens is 1. The van der Waals surface area contributed by atoms with Crippen molar-refractivity contribution < 1.29 is 13.5 Å². The summed E-state index contributed by atoms with van der Waals surface area (Å²) in [4.78, 5) is 0.0847. The smallest absolute Gasteiger partial charge is 0.245 e. The first-order chi connectivity index (χ1) is 8.67. The van der Waals surface area contributed by atoms with Gasteiger partial charge in [-0.2, -0.15) is 4.31 Å². The molecule has 1 saturated heterocycles. The average molecular weight is 349 g/mol. The molecule has 1 aromatic carbocycles. The highest BCUT2D eigenvalue weighted by Gasteiger charge is 2.49. The number of nitrogens with two attached hydrogens (primary N) is 1. The molecule has 3 N–H and O–H groups in total. The topological polar surface area (TPSA) is 83.6 Å². The van der Waals surface area contributed by atoms with Gasteiger partial charge in [-0.1, -0.05) is 29.8 Å². The van der Waals surface area contributed by atoms with E-state index >= 15 is 0 Å². The highest BCUT2D eigenvalue weighted by atomic mass is 79.9. The molecule has 1 fully saturated rings. The van der Waals surface area contributed by atoms with E-state index in [9.17, 15) is 13.5 Å². The lowest BCUT2D eigenvalue weighted by molar-refractivity contribution is -0.0932. The highest BCUT2D eigenvalue weighted by molar-refractivity contribution is 9.10. The van der Waals surface area contributed by atoms with Crippen molar-refractivity contribution in [3.8, 4) is 0 Å². The summed E-state index contributed by atoms with van der Waals surface area (Å²) in [5, 5.41) is 10.1. The summed E-state index contributed by atoms with van der Waals surface area (Å²) >= 11 is 3.24. The van der Waals surface area contributed by atoms with Crippen molar-refractivity contribution in [3.05, 3.63) is 22.7 Å². The van der Waals surface area contributed by atoms with E-state index in [2.05, 4.69) is 15.9 Å². The Morgan fingerprint density at radius 1 is 1.42 bits per heavy atom. The van der Waals surface area contributed by atoms with Crippen molar-refractivity contribution in [1.29, 1.82) is 0 Å². The molecule has 5 nitrogen and oxygen atoms in total. The lowest BCUT2D eigenvalue weighted by atomic mass is 9.85. The maximum absolute atomic E-state index is 12.4. The van der Waals surface area contributed by atoms with Gasteiger partial charge in [0.1, 0.15) is 4.90 Å². The van der Waals surface area contributed by atoms with Crippen LogP contribution >= 0.6 is 15.9 Å². The minimum atomic E-state index is -3.63. The first-order valence-corrected chi connectivity index (χ1v) is 8.18. The Bertz CT molecular complexity index is 595. The fraction of sp³-hybridized carbons (Fsp3) is 0.500. The van der Waals surface area contributed by atoms with Gasteiger partial charge in [0.05, 0.1) is 11.3 Å².